The van der Waals surface area contributed by atoms with Crippen LogP contribution in [0.1, 0.15) is 58.3 Å². The maximum absolute atomic E-state index is 10.1. The molecule has 0 fully saturated rings. The molecule has 4 heteroatoms. The summed E-state index contributed by atoms with van der Waals surface area (Å²) in [6.45, 7) is 2.62. The van der Waals surface area contributed by atoms with Gasteiger partial charge in [-0.05, 0) is 6.42 Å². The van der Waals surface area contributed by atoms with Crippen molar-refractivity contribution in [3.8, 4) is 0 Å². The van der Waals surface area contributed by atoms with E-state index in [0.29, 0.717) is 6.61 Å². The molecule has 0 rings (SSSR count). The maximum Gasteiger partial charge on any atom is 0.301 e. The fraction of sp³-hybridized carbons (Fsp3) is 1.00. The molecule has 0 aliphatic carbocycles. The predicted octanol–water partition coefficient (Wildman–Crippen LogP) is 3.28. The van der Waals surface area contributed by atoms with Crippen molar-refractivity contribution in [3.63, 3.8) is 0 Å². The van der Waals surface area contributed by atoms with Crippen molar-refractivity contribution in [2.45, 2.75) is 58.3 Å². The topological polar surface area (TPSA) is 46.5 Å². The zero-order chi connectivity index (χ0) is 10.6. The van der Waals surface area contributed by atoms with Gasteiger partial charge < -0.3 is 0 Å². The lowest BCUT2D eigenvalue weighted by Crippen LogP contribution is -1.97. The van der Waals surface area contributed by atoms with Crippen LogP contribution in [-0.2, 0) is 15.5 Å². The first-order valence-corrected chi connectivity index (χ1v) is 6.54. The lowest BCUT2D eigenvalue weighted by molar-refractivity contribution is 0.296. The second-order valence-corrected chi connectivity index (χ2v) is 4.18. The summed E-state index contributed by atoms with van der Waals surface area (Å²) in [6, 6.07) is 0. The molecule has 0 aromatic rings. The highest BCUT2D eigenvalue weighted by molar-refractivity contribution is 7.74. The monoisotopic (exact) mass is 222 g/mol. The van der Waals surface area contributed by atoms with Crippen molar-refractivity contribution in [1.29, 1.82) is 0 Å². The molecule has 0 bridgehead atoms. The molecule has 1 atom stereocenters. The molecule has 0 spiro atoms. The van der Waals surface area contributed by atoms with Crippen molar-refractivity contribution in [1.82, 2.24) is 0 Å². The largest absolute Gasteiger partial charge is 0.301 e. The van der Waals surface area contributed by atoms with Crippen LogP contribution < -0.4 is 0 Å². The van der Waals surface area contributed by atoms with Crippen LogP contribution in [0.2, 0.25) is 0 Å². The number of rotatable bonds is 10. The third-order valence-corrected chi connectivity index (χ3v) is 2.55. The molecular weight excluding hydrogens is 200 g/mol. The summed E-state index contributed by atoms with van der Waals surface area (Å²) in [6.07, 6.45) is 9.77. The predicted molar refractivity (Wildman–Crippen MR) is 59.3 cm³/mol. The molecule has 14 heavy (non-hydrogen) atoms. The van der Waals surface area contributed by atoms with Gasteiger partial charge >= 0.3 is 11.4 Å². The van der Waals surface area contributed by atoms with E-state index in [9.17, 15) is 4.21 Å². The van der Waals surface area contributed by atoms with Gasteiger partial charge in [0.05, 0.1) is 6.61 Å². The van der Waals surface area contributed by atoms with Crippen molar-refractivity contribution in [2.75, 3.05) is 6.61 Å². The number of hydrogen-bond acceptors (Lipinski definition) is 2. The van der Waals surface area contributed by atoms with Gasteiger partial charge in [-0.1, -0.05) is 51.9 Å². The van der Waals surface area contributed by atoms with Crippen molar-refractivity contribution >= 4 is 11.4 Å². The first-order chi connectivity index (χ1) is 6.77. The second kappa shape index (κ2) is 11.1. The van der Waals surface area contributed by atoms with E-state index in [1.165, 1.54) is 38.5 Å². The van der Waals surface area contributed by atoms with Crippen molar-refractivity contribution < 1.29 is 12.9 Å². The Kier molecular flexibility index (Phi) is 11.2. The third-order valence-electron chi connectivity index (χ3n) is 2.18. The van der Waals surface area contributed by atoms with E-state index in [1.807, 2.05) is 0 Å². The molecule has 0 radical (unpaired) electrons. The molecule has 0 amide bonds. The molecular formula is C10H22O3S. The summed E-state index contributed by atoms with van der Waals surface area (Å²) in [7, 11) is 0. The van der Waals surface area contributed by atoms with Gasteiger partial charge in [0, 0.05) is 0 Å². The first kappa shape index (κ1) is 14.1. The van der Waals surface area contributed by atoms with Crippen LogP contribution in [0.3, 0.4) is 0 Å². The summed E-state index contributed by atoms with van der Waals surface area (Å²) >= 11 is -2.08. The van der Waals surface area contributed by atoms with Gasteiger partial charge in [0.1, 0.15) is 0 Å². The fourth-order valence-corrected chi connectivity index (χ4v) is 1.63. The Hall–Kier alpha value is 0.0700. The SMILES string of the molecule is CCCCCCCCCCOS(=O)O. The second-order valence-electron chi connectivity index (χ2n) is 3.51. The number of unbranched alkanes of at least 4 members (excludes halogenated alkanes) is 7. The summed E-state index contributed by atoms with van der Waals surface area (Å²) in [5.41, 5.74) is 0. The molecule has 86 valence electrons. The highest BCUT2D eigenvalue weighted by Crippen LogP contribution is 2.08. The van der Waals surface area contributed by atoms with Crippen LogP contribution in [0, 0.1) is 0 Å². The van der Waals surface area contributed by atoms with E-state index in [1.54, 1.807) is 0 Å². The van der Waals surface area contributed by atoms with Crippen LogP contribution in [0.4, 0.5) is 0 Å². The molecule has 1 unspecified atom stereocenters. The Labute approximate surface area is 89.7 Å². The van der Waals surface area contributed by atoms with Crippen molar-refractivity contribution in [2.24, 2.45) is 0 Å². The molecule has 0 aromatic carbocycles. The lowest BCUT2D eigenvalue weighted by atomic mass is 10.1. The highest BCUT2D eigenvalue weighted by atomic mass is 32.2. The lowest BCUT2D eigenvalue weighted by Gasteiger charge is -2.00. The third kappa shape index (κ3) is 12.1. The van der Waals surface area contributed by atoms with E-state index < -0.39 is 11.4 Å². The average molecular weight is 222 g/mol. The van der Waals surface area contributed by atoms with E-state index >= 15 is 0 Å². The van der Waals surface area contributed by atoms with E-state index in [-0.39, 0.29) is 0 Å². The Morgan fingerprint density at radius 3 is 2.00 bits per heavy atom. The average Bonchev–Trinajstić information content (AvgIpc) is 2.15. The molecule has 0 saturated carbocycles. The fourth-order valence-electron chi connectivity index (χ4n) is 1.37. The molecule has 0 saturated heterocycles. The molecule has 0 heterocycles. The summed E-state index contributed by atoms with van der Waals surface area (Å²) < 4.78 is 22.9. The zero-order valence-corrected chi connectivity index (χ0v) is 9.85. The van der Waals surface area contributed by atoms with Crippen molar-refractivity contribution in [3.05, 3.63) is 0 Å². The van der Waals surface area contributed by atoms with E-state index in [2.05, 4.69) is 11.1 Å². The zero-order valence-electron chi connectivity index (χ0n) is 9.04. The summed E-state index contributed by atoms with van der Waals surface area (Å²) in [5, 5.41) is 0. The first-order valence-electron chi connectivity index (χ1n) is 5.51. The smallest absolute Gasteiger partial charge is 0.284 e. The molecule has 0 aliphatic heterocycles. The highest BCUT2D eigenvalue weighted by Gasteiger charge is 1.94. The van der Waals surface area contributed by atoms with Gasteiger partial charge in [0.15, 0.2) is 0 Å². The van der Waals surface area contributed by atoms with Gasteiger partial charge in [-0.25, -0.2) is 0 Å². The van der Waals surface area contributed by atoms with Gasteiger partial charge in [-0.3, -0.25) is 8.74 Å². The van der Waals surface area contributed by atoms with E-state index in [0.717, 1.165) is 12.8 Å². The summed E-state index contributed by atoms with van der Waals surface area (Å²) in [5.74, 6) is 0. The minimum atomic E-state index is -2.08. The van der Waals surface area contributed by atoms with Crippen LogP contribution in [-0.4, -0.2) is 15.4 Å². The Balaban J connectivity index is 2.88. The minimum absolute atomic E-state index is 0.401. The normalized spacial score (nSPS) is 13.0. The van der Waals surface area contributed by atoms with Gasteiger partial charge in [0.25, 0.3) is 0 Å². The number of hydrogen-bond donors (Lipinski definition) is 1. The standard InChI is InChI=1S/C10H22O3S/c1-2-3-4-5-6-7-8-9-10-13-14(11)12/h2-10H2,1H3,(H,11,12). The Bertz CT molecular complexity index is 139. The molecule has 3 nitrogen and oxygen atoms in total. The Morgan fingerprint density at radius 1 is 1.00 bits per heavy atom. The van der Waals surface area contributed by atoms with Gasteiger partial charge in [-0.15, -0.1) is 0 Å². The summed E-state index contributed by atoms with van der Waals surface area (Å²) in [4.78, 5) is 0. The molecule has 1 N–H and O–H groups in total. The van der Waals surface area contributed by atoms with Crippen LogP contribution in [0.25, 0.3) is 0 Å². The molecule has 0 aliphatic rings. The quantitative estimate of drug-likeness (QED) is 0.456. The van der Waals surface area contributed by atoms with Gasteiger partial charge in [0.2, 0.25) is 0 Å². The Morgan fingerprint density at radius 2 is 1.50 bits per heavy atom. The van der Waals surface area contributed by atoms with E-state index in [4.69, 9.17) is 4.55 Å². The van der Waals surface area contributed by atoms with Crippen LogP contribution in [0.5, 0.6) is 0 Å². The van der Waals surface area contributed by atoms with Crippen LogP contribution in [0.15, 0.2) is 0 Å². The minimum Gasteiger partial charge on any atom is -0.284 e. The van der Waals surface area contributed by atoms with Crippen LogP contribution >= 0.6 is 0 Å². The maximum atomic E-state index is 10.1. The molecule has 0 aromatic heterocycles. The van der Waals surface area contributed by atoms with Gasteiger partial charge in [-0.2, -0.15) is 4.21 Å².